The second-order valence-electron chi connectivity index (χ2n) is 17.1. The highest BCUT2D eigenvalue weighted by Gasteiger charge is 2.63. The van der Waals surface area contributed by atoms with Crippen LogP contribution in [-0.2, 0) is 14.4 Å². The number of hydrogen-bond acceptors (Lipinski definition) is 5. The molecular weight excluding hydrogens is 600 g/mol. The molecule has 3 N–H and O–H groups in total. The van der Waals surface area contributed by atoms with Crippen LogP contribution < -0.4 is 0 Å². The molecule has 0 bridgehead atoms. The number of aliphatic carboxylic acids is 1. The molecule has 8 aliphatic carbocycles. The monoisotopic (exact) mass is 656 g/mol. The fraction of sp³-hybridized carbons (Fsp3) is 0.738. The van der Waals surface area contributed by atoms with Gasteiger partial charge in [0.05, 0.1) is 0 Å². The molecule has 11 atom stereocenters. The van der Waals surface area contributed by atoms with Crippen LogP contribution in [0.5, 0.6) is 0 Å². The highest BCUT2D eigenvalue weighted by molar-refractivity contribution is 5.91. The molecule has 0 aromatic carbocycles. The van der Waals surface area contributed by atoms with Gasteiger partial charge in [0, 0.05) is 37.0 Å². The molecule has 5 saturated carbocycles. The lowest BCUT2D eigenvalue weighted by atomic mass is 9.50. The summed E-state index contributed by atoms with van der Waals surface area (Å²) in [5.74, 6) is 9.88. The van der Waals surface area contributed by atoms with Gasteiger partial charge in [0.15, 0.2) is 5.78 Å². The van der Waals surface area contributed by atoms with E-state index in [-0.39, 0.29) is 10.8 Å². The number of allylic oxidation sites excluding steroid dienone is 3. The van der Waals surface area contributed by atoms with Crippen LogP contribution in [0, 0.1) is 76.9 Å². The van der Waals surface area contributed by atoms with Gasteiger partial charge < -0.3 is 15.3 Å². The fourth-order valence-corrected chi connectivity index (χ4v) is 12.7. The molecule has 6 heteroatoms. The number of carbonyl (C=O) groups excluding carboxylic acids is 2. The van der Waals surface area contributed by atoms with Crippen molar-refractivity contribution in [2.75, 3.05) is 0 Å². The Labute approximate surface area is 287 Å². The normalized spacial score (nSPS) is 45.4. The third kappa shape index (κ3) is 5.64. The van der Waals surface area contributed by atoms with Gasteiger partial charge in [0.2, 0.25) is 0 Å². The summed E-state index contributed by atoms with van der Waals surface area (Å²) in [6, 6.07) is 0. The fourth-order valence-electron chi connectivity index (χ4n) is 12.7. The Kier molecular flexibility index (Phi) is 9.45. The largest absolute Gasteiger partial charge is 0.481 e. The van der Waals surface area contributed by atoms with Gasteiger partial charge in [0.25, 0.3) is 5.97 Å². The van der Waals surface area contributed by atoms with Crippen LogP contribution in [0.4, 0.5) is 0 Å². The average Bonchev–Trinajstić information content (AvgIpc) is 3.49. The van der Waals surface area contributed by atoms with E-state index in [0.717, 1.165) is 103 Å². The van der Waals surface area contributed by atoms with Gasteiger partial charge in [-0.1, -0.05) is 42.4 Å². The minimum absolute atomic E-state index is 0.103. The lowest BCUT2D eigenvalue weighted by molar-refractivity contribution is -0.134. The summed E-state index contributed by atoms with van der Waals surface area (Å²) in [7, 11) is 0. The number of fused-ring (bicyclic) bond motifs is 9. The van der Waals surface area contributed by atoms with Gasteiger partial charge in [-0.3, -0.25) is 14.4 Å². The second kappa shape index (κ2) is 12.9. The van der Waals surface area contributed by atoms with E-state index in [2.05, 4.69) is 25.7 Å². The van der Waals surface area contributed by atoms with Crippen LogP contribution >= 0.6 is 0 Å². The maximum Gasteiger partial charge on any atom is 0.300 e. The van der Waals surface area contributed by atoms with Gasteiger partial charge in [-0.05, 0) is 137 Å². The highest BCUT2D eigenvalue weighted by atomic mass is 16.4. The number of aliphatic hydroxyl groups is 2. The summed E-state index contributed by atoms with van der Waals surface area (Å²) in [6.45, 7) is 5.55. The van der Waals surface area contributed by atoms with Crippen molar-refractivity contribution in [3.8, 4) is 24.7 Å². The van der Waals surface area contributed by atoms with E-state index in [9.17, 15) is 19.8 Å². The Morgan fingerprint density at radius 1 is 0.729 bits per heavy atom. The van der Waals surface area contributed by atoms with Crippen LogP contribution in [-0.4, -0.2) is 44.1 Å². The Balaban J connectivity index is 0.000000151. The zero-order valence-corrected chi connectivity index (χ0v) is 29.4. The first-order valence-corrected chi connectivity index (χ1v) is 18.8. The molecule has 0 saturated heterocycles. The summed E-state index contributed by atoms with van der Waals surface area (Å²) in [5.41, 5.74) is 2.49. The van der Waals surface area contributed by atoms with Gasteiger partial charge in [-0.2, -0.15) is 0 Å². The lowest BCUT2D eigenvalue weighted by Gasteiger charge is -2.54. The van der Waals surface area contributed by atoms with E-state index in [1.807, 2.05) is 6.08 Å². The minimum atomic E-state index is -0.903. The molecule has 6 nitrogen and oxygen atoms in total. The second-order valence-corrected chi connectivity index (χ2v) is 17.1. The maximum absolute atomic E-state index is 11.7. The van der Waals surface area contributed by atoms with Gasteiger partial charge >= 0.3 is 0 Å². The molecule has 0 heterocycles. The number of rotatable bonds is 0. The zero-order chi connectivity index (χ0) is 34.6. The van der Waals surface area contributed by atoms with Crippen molar-refractivity contribution in [3.05, 3.63) is 22.8 Å². The number of hydrogen-bond donors (Lipinski definition) is 3. The van der Waals surface area contributed by atoms with E-state index in [4.69, 9.17) is 22.7 Å². The smallest absolute Gasteiger partial charge is 0.300 e. The molecule has 8 aliphatic rings. The Hall–Kier alpha value is -2.67. The summed E-state index contributed by atoms with van der Waals surface area (Å²) in [4.78, 5) is 32.5. The molecule has 0 aromatic rings. The van der Waals surface area contributed by atoms with Crippen LogP contribution in [0.1, 0.15) is 130 Å². The molecular formula is C42H56O6. The highest BCUT2D eigenvalue weighted by Crippen LogP contribution is 2.66. The van der Waals surface area contributed by atoms with Crippen molar-refractivity contribution < 1.29 is 29.7 Å². The predicted octanol–water partition coefficient (Wildman–Crippen LogP) is 7.22. The number of terminal acetylenes is 2. The van der Waals surface area contributed by atoms with Crippen LogP contribution in [0.3, 0.4) is 0 Å². The SMILES string of the molecule is C#C[C@]1(O)CC[C@H]2[C@@H]3CCC4=C(CCC(=O)C4)[C@H]3CC[C@@]21C.C#C[C@]1(O)CC[C@H]2[C@@H]3CCC4=CC(=O)CC[C@@H]4[C@H]3CC[C@@]21C.CC(=O)O. The number of carboxylic acids is 1. The third-order valence-electron chi connectivity index (χ3n) is 15.3. The quantitative estimate of drug-likeness (QED) is 0.188. The van der Waals surface area contributed by atoms with Crippen molar-refractivity contribution in [3.63, 3.8) is 0 Å². The average molecular weight is 657 g/mol. The number of Topliss-reactive ketones (excluding diaryl/α,β-unsaturated/α-hetero) is 1. The van der Waals surface area contributed by atoms with E-state index >= 15 is 0 Å². The summed E-state index contributed by atoms with van der Waals surface area (Å²) < 4.78 is 0. The molecule has 5 fully saturated rings. The third-order valence-corrected chi connectivity index (χ3v) is 15.3. The number of ketones is 2. The Morgan fingerprint density at radius 2 is 1.31 bits per heavy atom. The van der Waals surface area contributed by atoms with Crippen molar-refractivity contribution in [1.82, 2.24) is 0 Å². The molecule has 260 valence electrons. The van der Waals surface area contributed by atoms with Crippen molar-refractivity contribution >= 4 is 17.5 Å². The Bertz CT molecular complexity index is 1490. The minimum Gasteiger partial charge on any atom is -0.481 e. The molecule has 0 unspecified atom stereocenters. The van der Waals surface area contributed by atoms with E-state index < -0.39 is 17.2 Å². The first kappa shape index (κ1) is 35.2. The molecule has 48 heavy (non-hydrogen) atoms. The van der Waals surface area contributed by atoms with Crippen LogP contribution in [0.25, 0.3) is 0 Å². The molecule has 0 amide bonds. The van der Waals surface area contributed by atoms with Gasteiger partial charge in [-0.25, -0.2) is 0 Å². The summed E-state index contributed by atoms with van der Waals surface area (Å²) >= 11 is 0. The van der Waals surface area contributed by atoms with Gasteiger partial charge in [-0.15, -0.1) is 12.8 Å². The van der Waals surface area contributed by atoms with E-state index in [1.165, 1.54) is 24.0 Å². The molecule has 8 rings (SSSR count). The summed E-state index contributed by atoms with van der Waals surface area (Å²) in [6.07, 6.45) is 30.2. The molecule has 0 aromatic heterocycles. The lowest BCUT2D eigenvalue weighted by Crippen LogP contribution is -2.52. The topological polar surface area (TPSA) is 112 Å². The number of carboxylic acid groups (broad SMARTS) is 1. The molecule has 0 spiro atoms. The summed E-state index contributed by atoms with van der Waals surface area (Å²) in [5, 5.41) is 29.3. The number of carbonyl (C=O) groups is 3. The Morgan fingerprint density at radius 3 is 1.94 bits per heavy atom. The standard InChI is InChI=1S/2C20H26O2.C2H4O2/c2*1-3-20(22)11-9-18-17-6-4-13-12-14(21)5-7-15(13)16(17)8-10-19(18,20)2;1-2(3)4/h1,16-18,22H,4-12H2,2H3;1,12,15-18,22H,4-11H2,2H3;1H3,(H,3,4)/t16-,17-,18+,19+,20+;15-,16+,17+,18-,19-,20-;/m10./s1. The van der Waals surface area contributed by atoms with E-state index in [0.29, 0.717) is 53.0 Å². The molecule has 0 aliphatic heterocycles. The molecule has 0 radical (unpaired) electrons. The van der Waals surface area contributed by atoms with E-state index in [1.54, 1.807) is 5.57 Å². The van der Waals surface area contributed by atoms with Crippen molar-refractivity contribution in [1.29, 1.82) is 0 Å². The van der Waals surface area contributed by atoms with Crippen LogP contribution in [0.15, 0.2) is 22.8 Å². The first-order valence-electron chi connectivity index (χ1n) is 18.8. The van der Waals surface area contributed by atoms with Crippen LogP contribution in [0.2, 0.25) is 0 Å². The zero-order valence-electron chi connectivity index (χ0n) is 29.4. The van der Waals surface area contributed by atoms with Gasteiger partial charge in [0.1, 0.15) is 17.0 Å². The van der Waals surface area contributed by atoms with Crippen molar-refractivity contribution in [2.45, 2.75) is 141 Å². The van der Waals surface area contributed by atoms with Crippen molar-refractivity contribution in [2.24, 2.45) is 52.3 Å². The first-order chi connectivity index (χ1) is 22.7. The predicted molar refractivity (Wildman–Crippen MR) is 185 cm³/mol. The maximum atomic E-state index is 11.7.